The van der Waals surface area contributed by atoms with Gasteiger partial charge in [0.25, 0.3) is 0 Å². The predicted molar refractivity (Wildman–Crippen MR) is 123 cm³/mol. The van der Waals surface area contributed by atoms with Gasteiger partial charge in [0.05, 0.1) is 0 Å². The van der Waals surface area contributed by atoms with Crippen LogP contribution in [0.5, 0.6) is 0 Å². The molecule has 27 heavy (non-hydrogen) atoms. The van der Waals surface area contributed by atoms with Gasteiger partial charge < -0.3 is 0 Å². The fraction of sp³-hybridized carbons (Fsp3) is 0.556. The molecule has 0 aliphatic carbocycles. The van der Waals surface area contributed by atoms with Crippen molar-refractivity contribution >= 4 is 0 Å². The summed E-state index contributed by atoms with van der Waals surface area (Å²) in [6.07, 6.45) is 0. The smallest absolute Gasteiger partial charge is 0.0213 e. The fourth-order valence-corrected chi connectivity index (χ4v) is 3.84. The van der Waals surface area contributed by atoms with Crippen LogP contribution in [0.2, 0.25) is 0 Å². The van der Waals surface area contributed by atoms with Crippen LogP contribution in [0, 0.1) is 0 Å². The summed E-state index contributed by atoms with van der Waals surface area (Å²) in [5.74, 6) is 3.16. The van der Waals surface area contributed by atoms with Gasteiger partial charge in [-0.25, -0.2) is 0 Å². The number of hydrogen-bond acceptors (Lipinski definition) is 0. The van der Waals surface area contributed by atoms with Gasteiger partial charge in [-0.1, -0.05) is 112 Å². The predicted octanol–water partition coefficient (Wildman–Crippen LogP) is 8.99. The molecule has 0 saturated carbocycles. The molecule has 0 N–H and O–H groups in total. The van der Waals surface area contributed by atoms with Gasteiger partial charge in [0.2, 0.25) is 0 Å². The molecule has 150 valence electrons. The fourth-order valence-electron chi connectivity index (χ4n) is 3.84. The summed E-state index contributed by atoms with van der Waals surface area (Å²) >= 11 is 0. The summed E-state index contributed by atoms with van der Waals surface area (Å²) in [6, 6.07) is 15.5. The quantitative estimate of drug-likeness (QED) is 0.495. The van der Waals surface area contributed by atoms with Crippen molar-refractivity contribution in [3.05, 3.63) is 70.3 Å². The van der Waals surface area contributed by atoms with E-state index in [4.69, 9.17) is 0 Å². The molecule has 0 radical (unpaired) electrons. The molecule has 0 aliphatic heterocycles. The van der Waals surface area contributed by atoms with Gasteiger partial charge in [0.15, 0.2) is 0 Å². The molecule has 0 fully saturated rings. The van der Waals surface area contributed by atoms with E-state index in [9.17, 15) is 0 Å². The van der Waals surface area contributed by atoms with E-state index >= 15 is 0 Å². The molecule has 2 aromatic rings. The molecule has 0 saturated heterocycles. The van der Waals surface area contributed by atoms with E-state index in [-0.39, 0.29) is 0 Å². The van der Waals surface area contributed by atoms with Gasteiger partial charge in [0.1, 0.15) is 0 Å². The first-order chi connectivity index (χ1) is 12.6. The normalized spacial score (nSPS) is 11.5. The van der Waals surface area contributed by atoms with Gasteiger partial charge in [-0.05, 0) is 57.4 Å². The average Bonchev–Trinajstić information content (AvgIpc) is 2.61. The maximum atomic E-state index is 2.30. The second kappa shape index (κ2) is 10.7. The first kappa shape index (κ1) is 23.5. The van der Waals surface area contributed by atoms with E-state index in [1.807, 2.05) is 0 Å². The lowest BCUT2D eigenvalue weighted by molar-refractivity contribution is 0.748. The highest BCUT2D eigenvalue weighted by Crippen LogP contribution is 2.32. The Morgan fingerprint density at radius 2 is 0.667 bits per heavy atom. The van der Waals surface area contributed by atoms with E-state index in [0.717, 1.165) is 0 Å². The van der Waals surface area contributed by atoms with Crippen molar-refractivity contribution in [2.75, 3.05) is 0 Å². The van der Waals surface area contributed by atoms with Crippen molar-refractivity contribution in [3.8, 4) is 0 Å². The second-order valence-electron chi connectivity index (χ2n) is 9.25. The van der Waals surface area contributed by atoms with E-state index in [1.54, 1.807) is 5.56 Å². The molecular weight excluding hydrogens is 324 g/mol. The zero-order chi connectivity index (χ0) is 20.7. The Morgan fingerprint density at radius 3 is 0.926 bits per heavy atom. The Kier molecular flexibility index (Phi) is 9.30. The molecule has 0 unspecified atom stereocenters. The van der Waals surface area contributed by atoms with Gasteiger partial charge in [-0.3, -0.25) is 0 Å². The van der Waals surface area contributed by atoms with E-state index in [2.05, 4.69) is 112 Å². The minimum absolute atomic E-state index is 0.626. The van der Waals surface area contributed by atoms with Crippen molar-refractivity contribution in [3.63, 3.8) is 0 Å². The number of hydrogen-bond donors (Lipinski definition) is 0. The zero-order valence-corrected chi connectivity index (χ0v) is 19.4. The average molecular weight is 367 g/mol. The topological polar surface area (TPSA) is 0 Å². The Labute approximate surface area is 169 Å². The van der Waals surface area contributed by atoms with Crippen LogP contribution >= 0.6 is 0 Å². The maximum absolute atomic E-state index is 2.30. The molecule has 0 heteroatoms. The van der Waals surface area contributed by atoms with Crippen LogP contribution in [-0.4, -0.2) is 0 Å². The minimum Gasteiger partial charge on any atom is -0.0620 e. The zero-order valence-electron chi connectivity index (χ0n) is 19.4. The van der Waals surface area contributed by atoms with Crippen molar-refractivity contribution in [2.24, 2.45) is 0 Å². The molecule has 2 aromatic carbocycles. The van der Waals surface area contributed by atoms with Gasteiger partial charge in [0, 0.05) is 0 Å². The van der Waals surface area contributed by atoms with Gasteiger partial charge >= 0.3 is 0 Å². The third-order valence-electron chi connectivity index (χ3n) is 5.23. The SMILES string of the molecule is CC(C)c1cccc(C(C)C)c1C(C)C.CC(C)c1ccccc1C(C)C. The molecule has 0 amide bonds. The van der Waals surface area contributed by atoms with Crippen LogP contribution in [0.25, 0.3) is 0 Å². The molecule has 0 heterocycles. The van der Waals surface area contributed by atoms with Crippen molar-refractivity contribution in [1.29, 1.82) is 0 Å². The Morgan fingerprint density at radius 1 is 0.370 bits per heavy atom. The highest BCUT2D eigenvalue weighted by Gasteiger charge is 2.15. The van der Waals surface area contributed by atoms with Crippen LogP contribution in [-0.2, 0) is 0 Å². The molecule has 2 rings (SSSR count). The van der Waals surface area contributed by atoms with Crippen molar-refractivity contribution in [2.45, 2.75) is 98.8 Å². The summed E-state index contributed by atoms with van der Waals surface area (Å²) in [4.78, 5) is 0. The summed E-state index contributed by atoms with van der Waals surface area (Å²) in [7, 11) is 0. The highest BCUT2D eigenvalue weighted by molar-refractivity contribution is 5.41. The molecule has 0 atom stereocenters. The number of rotatable bonds is 5. The summed E-state index contributed by atoms with van der Waals surface area (Å²) in [5, 5.41) is 0. The second-order valence-corrected chi connectivity index (χ2v) is 9.25. The monoisotopic (exact) mass is 366 g/mol. The van der Waals surface area contributed by atoms with Crippen molar-refractivity contribution in [1.82, 2.24) is 0 Å². The Bertz CT molecular complexity index is 634. The van der Waals surface area contributed by atoms with Crippen LogP contribution in [0.15, 0.2) is 42.5 Å². The Hall–Kier alpha value is -1.56. The molecule has 0 aromatic heterocycles. The molecule has 0 spiro atoms. The highest BCUT2D eigenvalue weighted by atomic mass is 14.2. The largest absolute Gasteiger partial charge is 0.0620 e. The van der Waals surface area contributed by atoms with E-state index < -0.39 is 0 Å². The first-order valence-corrected chi connectivity index (χ1v) is 10.8. The van der Waals surface area contributed by atoms with Crippen LogP contribution in [0.4, 0.5) is 0 Å². The van der Waals surface area contributed by atoms with Gasteiger partial charge in [-0.2, -0.15) is 0 Å². The molecule has 0 bridgehead atoms. The third kappa shape index (κ3) is 6.52. The summed E-state index contributed by atoms with van der Waals surface area (Å²) in [5.41, 5.74) is 7.61. The molecule has 0 nitrogen and oxygen atoms in total. The molecular formula is C27H42. The van der Waals surface area contributed by atoms with E-state index in [1.165, 1.54) is 22.3 Å². The first-order valence-electron chi connectivity index (χ1n) is 10.8. The van der Waals surface area contributed by atoms with E-state index in [0.29, 0.717) is 29.6 Å². The Balaban J connectivity index is 0.000000277. The lowest BCUT2D eigenvalue weighted by Gasteiger charge is -2.22. The lowest BCUT2D eigenvalue weighted by atomic mass is 9.83. The third-order valence-corrected chi connectivity index (χ3v) is 5.23. The summed E-state index contributed by atoms with van der Waals surface area (Å²) in [6.45, 7) is 22.7. The lowest BCUT2D eigenvalue weighted by Crippen LogP contribution is -2.04. The van der Waals surface area contributed by atoms with Gasteiger partial charge in [-0.15, -0.1) is 0 Å². The standard InChI is InChI=1S/C15H24.C12H18/c1-10(2)13-8-7-9-14(11(3)4)15(13)12(5)6;1-9(2)11-7-5-6-8-12(11)10(3)4/h7-12H,1-6H3;5-10H,1-4H3. The number of benzene rings is 2. The van der Waals surface area contributed by atoms with Crippen LogP contribution in [0.1, 0.15) is 127 Å². The van der Waals surface area contributed by atoms with Crippen LogP contribution in [0.3, 0.4) is 0 Å². The summed E-state index contributed by atoms with van der Waals surface area (Å²) < 4.78 is 0. The van der Waals surface area contributed by atoms with Crippen molar-refractivity contribution < 1.29 is 0 Å². The van der Waals surface area contributed by atoms with Crippen LogP contribution < -0.4 is 0 Å². The maximum Gasteiger partial charge on any atom is -0.0213 e. The molecule has 0 aliphatic rings. The minimum atomic E-state index is 0.626.